The van der Waals surface area contributed by atoms with Gasteiger partial charge in [-0.1, -0.05) is 37.3 Å². The number of aliphatic hydroxyl groups is 1. The van der Waals surface area contributed by atoms with Crippen molar-refractivity contribution >= 4 is 5.91 Å². The highest BCUT2D eigenvalue weighted by atomic mass is 16.3. The van der Waals surface area contributed by atoms with E-state index in [1.54, 1.807) is 4.90 Å². The molecule has 4 nitrogen and oxygen atoms in total. The molecule has 1 fully saturated rings. The fourth-order valence-electron chi connectivity index (χ4n) is 2.35. The van der Waals surface area contributed by atoms with Crippen LogP contribution in [-0.4, -0.2) is 35.1 Å². The molecule has 0 radical (unpaired) electrons. The first kappa shape index (κ1) is 13.1. The number of nitrogens with zero attached hydrogens (tertiary/aromatic N) is 1. The number of likely N-dealkylation sites (tertiary alicyclic amines) is 1. The summed E-state index contributed by atoms with van der Waals surface area (Å²) < 4.78 is 0. The maximum atomic E-state index is 12.2. The Kier molecular flexibility index (Phi) is 3.99. The van der Waals surface area contributed by atoms with Crippen molar-refractivity contribution in [1.29, 1.82) is 0 Å². The van der Waals surface area contributed by atoms with Gasteiger partial charge in [0.25, 0.3) is 0 Å². The van der Waals surface area contributed by atoms with Crippen LogP contribution in [0.25, 0.3) is 0 Å². The minimum absolute atomic E-state index is 0.0305. The van der Waals surface area contributed by atoms with Gasteiger partial charge in [0, 0.05) is 19.1 Å². The maximum Gasteiger partial charge on any atom is 0.227 e. The van der Waals surface area contributed by atoms with Gasteiger partial charge in [-0.25, -0.2) is 0 Å². The van der Waals surface area contributed by atoms with E-state index in [9.17, 15) is 9.90 Å². The minimum Gasteiger partial charge on any atom is -0.391 e. The van der Waals surface area contributed by atoms with Crippen molar-refractivity contribution in [2.24, 2.45) is 11.7 Å². The van der Waals surface area contributed by atoms with Gasteiger partial charge in [0.2, 0.25) is 5.91 Å². The molecule has 1 aliphatic rings. The summed E-state index contributed by atoms with van der Waals surface area (Å²) in [7, 11) is 0. The number of β-amino-alcohol motifs (C(OH)–C–C–N with tert-alkyl or cyclic N) is 1. The number of hydrogen-bond acceptors (Lipinski definition) is 3. The zero-order chi connectivity index (χ0) is 13.1. The van der Waals surface area contributed by atoms with Crippen LogP contribution in [0.1, 0.15) is 24.9 Å². The van der Waals surface area contributed by atoms with E-state index in [-0.39, 0.29) is 24.0 Å². The zero-order valence-electron chi connectivity index (χ0n) is 10.6. The monoisotopic (exact) mass is 248 g/mol. The largest absolute Gasteiger partial charge is 0.391 e. The van der Waals surface area contributed by atoms with Crippen LogP contribution in [0, 0.1) is 5.92 Å². The number of hydrogen-bond donors (Lipinski definition) is 2. The number of benzene rings is 1. The Morgan fingerprint density at radius 3 is 2.67 bits per heavy atom. The highest BCUT2D eigenvalue weighted by Gasteiger charge is 2.30. The summed E-state index contributed by atoms with van der Waals surface area (Å²) in [6, 6.07) is 9.36. The zero-order valence-corrected chi connectivity index (χ0v) is 10.6. The molecule has 1 saturated heterocycles. The topological polar surface area (TPSA) is 66.6 Å². The summed E-state index contributed by atoms with van der Waals surface area (Å²) in [5.74, 6) is -0.236. The average Bonchev–Trinajstić information content (AvgIpc) is 2.84. The lowest BCUT2D eigenvalue weighted by molar-refractivity contribution is -0.135. The Hall–Kier alpha value is -1.39. The molecule has 0 bridgehead atoms. The molecule has 1 amide bonds. The number of amides is 1. The Morgan fingerprint density at radius 1 is 1.44 bits per heavy atom. The van der Waals surface area contributed by atoms with Gasteiger partial charge in [-0.05, 0) is 12.0 Å². The van der Waals surface area contributed by atoms with E-state index in [1.165, 1.54) is 0 Å². The minimum atomic E-state index is -0.380. The highest BCUT2D eigenvalue weighted by Crippen LogP contribution is 2.22. The third kappa shape index (κ3) is 2.71. The molecule has 2 rings (SSSR count). The summed E-state index contributed by atoms with van der Waals surface area (Å²) in [5.41, 5.74) is 7.10. The smallest absolute Gasteiger partial charge is 0.227 e. The van der Waals surface area contributed by atoms with E-state index in [1.807, 2.05) is 37.3 Å². The first-order valence-electron chi connectivity index (χ1n) is 6.37. The summed E-state index contributed by atoms with van der Waals surface area (Å²) in [4.78, 5) is 13.9. The predicted molar refractivity (Wildman–Crippen MR) is 69.7 cm³/mol. The Labute approximate surface area is 107 Å². The number of carbonyl (C=O) groups excluding carboxylic acids is 1. The van der Waals surface area contributed by atoms with Crippen molar-refractivity contribution in [3.05, 3.63) is 35.9 Å². The summed E-state index contributed by atoms with van der Waals surface area (Å²) in [6.07, 6.45) is 0.285. The van der Waals surface area contributed by atoms with Crippen LogP contribution >= 0.6 is 0 Å². The molecule has 0 spiro atoms. The molecule has 0 aromatic heterocycles. The van der Waals surface area contributed by atoms with Crippen LogP contribution in [0.3, 0.4) is 0 Å². The Morgan fingerprint density at radius 2 is 2.11 bits per heavy atom. The standard InChI is InChI=1S/C14H20N2O2/c1-10(13(15)11-5-3-2-4-6-11)14(18)16-8-7-12(17)9-16/h2-6,10,12-13,17H,7-9,15H2,1H3/t10?,12-,13?/m1/s1. The lowest BCUT2D eigenvalue weighted by atomic mass is 9.94. The van der Waals surface area contributed by atoms with Crippen molar-refractivity contribution < 1.29 is 9.90 Å². The highest BCUT2D eigenvalue weighted by molar-refractivity contribution is 5.79. The van der Waals surface area contributed by atoms with Gasteiger partial charge in [0.05, 0.1) is 12.0 Å². The summed E-state index contributed by atoms with van der Waals surface area (Å²) in [6.45, 7) is 2.92. The summed E-state index contributed by atoms with van der Waals surface area (Å²) in [5, 5.41) is 9.46. The number of carbonyl (C=O) groups is 1. The molecule has 1 aliphatic heterocycles. The number of nitrogens with two attached hydrogens (primary N) is 1. The third-order valence-electron chi connectivity index (χ3n) is 3.59. The van der Waals surface area contributed by atoms with Gasteiger partial charge >= 0.3 is 0 Å². The fraction of sp³-hybridized carbons (Fsp3) is 0.500. The Bertz CT molecular complexity index is 408. The van der Waals surface area contributed by atoms with Crippen molar-refractivity contribution in [3.8, 4) is 0 Å². The second-order valence-corrected chi connectivity index (χ2v) is 4.95. The van der Waals surface area contributed by atoms with Crippen LogP contribution in [0.2, 0.25) is 0 Å². The van der Waals surface area contributed by atoms with Crippen LogP contribution in [0.15, 0.2) is 30.3 Å². The lowest BCUT2D eigenvalue weighted by Crippen LogP contribution is -2.38. The van der Waals surface area contributed by atoms with Gasteiger partial charge < -0.3 is 15.7 Å². The molecular weight excluding hydrogens is 228 g/mol. The SMILES string of the molecule is CC(C(=O)N1CC[C@@H](O)C1)C(N)c1ccccc1. The molecule has 1 heterocycles. The molecule has 1 aromatic rings. The average molecular weight is 248 g/mol. The van der Waals surface area contributed by atoms with E-state index >= 15 is 0 Å². The molecule has 2 unspecified atom stereocenters. The van der Waals surface area contributed by atoms with Gasteiger partial charge in [0.1, 0.15) is 0 Å². The lowest BCUT2D eigenvalue weighted by Gasteiger charge is -2.25. The molecule has 3 atom stereocenters. The van der Waals surface area contributed by atoms with Crippen molar-refractivity contribution in [1.82, 2.24) is 4.90 Å². The van der Waals surface area contributed by atoms with Crippen molar-refractivity contribution in [2.75, 3.05) is 13.1 Å². The van der Waals surface area contributed by atoms with Gasteiger partial charge in [0.15, 0.2) is 0 Å². The summed E-state index contributed by atoms with van der Waals surface area (Å²) >= 11 is 0. The molecule has 4 heteroatoms. The van der Waals surface area contributed by atoms with Crippen LogP contribution in [0.4, 0.5) is 0 Å². The maximum absolute atomic E-state index is 12.2. The van der Waals surface area contributed by atoms with Crippen LogP contribution < -0.4 is 5.73 Å². The van der Waals surface area contributed by atoms with Crippen molar-refractivity contribution in [2.45, 2.75) is 25.5 Å². The van der Waals surface area contributed by atoms with Gasteiger partial charge in [-0.3, -0.25) is 4.79 Å². The van der Waals surface area contributed by atoms with Crippen LogP contribution in [-0.2, 0) is 4.79 Å². The predicted octanol–water partition coefficient (Wildman–Crippen LogP) is 0.916. The van der Waals surface area contributed by atoms with Gasteiger partial charge in [-0.15, -0.1) is 0 Å². The first-order chi connectivity index (χ1) is 8.59. The Balaban J connectivity index is 2.02. The van der Waals surface area contributed by atoms with Gasteiger partial charge in [-0.2, -0.15) is 0 Å². The molecule has 98 valence electrons. The first-order valence-corrected chi connectivity index (χ1v) is 6.37. The normalized spacial score (nSPS) is 22.8. The van der Waals surface area contributed by atoms with Crippen LogP contribution in [0.5, 0.6) is 0 Å². The molecule has 0 saturated carbocycles. The second-order valence-electron chi connectivity index (χ2n) is 4.95. The van der Waals surface area contributed by atoms with Crippen molar-refractivity contribution in [3.63, 3.8) is 0 Å². The fourth-order valence-corrected chi connectivity index (χ4v) is 2.35. The number of rotatable bonds is 3. The van der Waals surface area contributed by atoms with E-state index in [2.05, 4.69) is 0 Å². The molecular formula is C14H20N2O2. The van der Waals surface area contributed by atoms with E-state index in [0.717, 1.165) is 5.56 Å². The molecule has 18 heavy (non-hydrogen) atoms. The molecule has 0 aliphatic carbocycles. The van der Waals surface area contributed by atoms with E-state index in [4.69, 9.17) is 5.73 Å². The quantitative estimate of drug-likeness (QED) is 0.835. The number of aliphatic hydroxyl groups excluding tert-OH is 1. The third-order valence-corrected chi connectivity index (χ3v) is 3.59. The van der Waals surface area contributed by atoms with E-state index < -0.39 is 0 Å². The molecule has 3 N–H and O–H groups in total. The second kappa shape index (κ2) is 5.50. The molecule has 1 aromatic carbocycles. The van der Waals surface area contributed by atoms with E-state index in [0.29, 0.717) is 19.5 Å².